The molecule has 0 aliphatic heterocycles. The molecule has 5 rings (SSSR count). The number of rotatable bonds is 6. The third kappa shape index (κ3) is 4.11. The fourth-order valence-corrected chi connectivity index (χ4v) is 4.75. The van der Waals surface area contributed by atoms with Crippen molar-refractivity contribution < 1.29 is 14.3 Å². The number of pyridine rings is 1. The molecule has 2 saturated carbocycles. The van der Waals surface area contributed by atoms with E-state index < -0.39 is 11.8 Å². The van der Waals surface area contributed by atoms with E-state index in [2.05, 4.69) is 26.0 Å². The summed E-state index contributed by atoms with van der Waals surface area (Å²) in [4.78, 5) is 30.5. The van der Waals surface area contributed by atoms with Gasteiger partial charge in [-0.3, -0.25) is 9.59 Å². The Morgan fingerprint density at radius 2 is 2.15 bits per heavy atom. The smallest absolute Gasteiger partial charge is 0.274 e. The lowest BCUT2D eigenvalue weighted by Gasteiger charge is -2.31. The molecule has 0 bridgehead atoms. The first kappa shape index (κ1) is 22.3. The lowest BCUT2D eigenvalue weighted by atomic mass is 9.90. The first-order valence-corrected chi connectivity index (χ1v) is 11.5. The van der Waals surface area contributed by atoms with Crippen LogP contribution >= 0.6 is 0 Å². The largest absolute Gasteiger partial charge is 0.390 e. The quantitative estimate of drug-likeness (QED) is 0.437. The molecular weight excluding hydrogens is 441 g/mol. The van der Waals surface area contributed by atoms with Crippen molar-refractivity contribution in [3.05, 3.63) is 46.5 Å². The Morgan fingerprint density at radius 1 is 1.35 bits per heavy atom. The lowest BCUT2D eigenvalue weighted by Crippen LogP contribution is -2.35. The Balaban J connectivity index is 1.43. The minimum absolute atomic E-state index is 0.124. The zero-order valence-corrected chi connectivity index (χ0v) is 19.1. The summed E-state index contributed by atoms with van der Waals surface area (Å²) in [6.45, 7) is 1.77. The Kier molecular flexibility index (Phi) is 5.51. The number of carbonyl (C=O) groups excluding carboxylic acids is 1. The minimum atomic E-state index is -0.863. The Bertz CT molecular complexity index is 1300. The highest BCUT2D eigenvalue weighted by Gasteiger charge is 2.34. The first-order chi connectivity index (χ1) is 16.2. The van der Waals surface area contributed by atoms with E-state index in [-0.39, 0.29) is 23.6 Å². The molecule has 2 aliphatic rings. The molecule has 34 heavy (non-hydrogen) atoms. The molecule has 2 atom stereocenters. The summed E-state index contributed by atoms with van der Waals surface area (Å²) in [7, 11) is 1.72. The van der Waals surface area contributed by atoms with Crippen molar-refractivity contribution in [2.45, 2.75) is 62.9 Å². The number of nitrogens with one attached hydrogen (secondary N) is 3. The molecule has 4 N–H and O–H groups in total. The Morgan fingerprint density at radius 3 is 2.82 bits per heavy atom. The average Bonchev–Trinajstić information content (AvgIpc) is 3.35. The fourth-order valence-electron chi connectivity index (χ4n) is 4.75. The maximum atomic E-state index is 13.3. The topological polar surface area (TPSA) is 126 Å². The van der Waals surface area contributed by atoms with Crippen LogP contribution in [0.2, 0.25) is 0 Å². The van der Waals surface area contributed by atoms with Gasteiger partial charge in [0.15, 0.2) is 5.65 Å². The summed E-state index contributed by atoms with van der Waals surface area (Å²) in [6, 6.07) is 4.80. The molecule has 11 heteroatoms. The van der Waals surface area contributed by atoms with Gasteiger partial charge < -0.3 is 25.6 Å². The summed E-state index contributed by atoms with van der Waals surface area (Å²) < 4.78 is 16.4. The molecule has 2 aliphatic carbocycles. The molecule has 3 aromatic rings. The van der Waals surface area contributed by atoms with Crippen LogP contribution in [0.4, 0.5) is 21.7 Å². The number of aromatic nitrogens is 4. The standard InChI is InChI=1S/C23H28FN7O3/c1-23(34)6-5-14(11-23)27-21(32)16-12-26-31-19(25-2)10-18(29-20(16)31)28-17-4-3-7-30(22(17)33)15-8-13(24)9-15/h3-4,7,10,12-15,25,34H,5-6,8-9,11H2,1-2H3,(H,27,32)(H,28,29)/t13?,14-,15?,23-/m1/s1. The van der Waals surface area contributed by atoms with Crippen LogP contribution in [0.1, 0.15) is 55.4 Å². The molecule has 3 heterocycles. The number of nitrogens with zero attached hydrogens (tertiary/aromatic N) is 4. The number of amides is 1. The summed E-state index contributed by atoms with van der Waals surface area (Å²) in [5.74, 6) is 0.616. The zero-order valence-electron chi connectivity index (χ0n) is 19.1. The van der Waals surface area contributed by atoms with Crippen LogP contribution in [0.25, 0.3) is 5.65 Å². The average molecular weight is 470 g/mol. The molecule has 0 unspecified atom stereocenters. The van der Waals surface area contributed by atoms with Crippen molar-refractivity contribution in [3.63, 3.8) is 0 Å². The van der Waals surface area contributed by atoms with Gasteiger partial charge in [-0.05, 0) is 51.2 Å². The van der Waals surface area contributed by atoms with E-state index in [1.54, 1.807) is 42.9 Å². The van der Waals surface area contributed by atoms with Gasteiger partial charge in [0.05, 0.1) is 11.8 Å². The zero-order chi connectivity index (χ0) is 24.0. The number of alkyl halides is 1. The Hall–Kier alpha value is -3.47. The second-order valence-corrected chi connectivity index (χ2v) is 9.46. The molecule has 1 amide bonds. The van der Waals surface area contributed by atoms with E-state index in [9.17, 15) is 19.1 Å². The van der Waals surface area contributed by atoms with E-state index in [1.165, 1.54) is 10.7 Å². The summed E-state index contributed by atoms with van der Waals surface area (Å²) in [5.41, 5.74) is -0.108. The molecule has 3 aromatic heterocycles. The summed E-state index contributed by atoms with van der Waals surface area (Å²) in [5, 5.41) is 23.5. The molecule has 0 aromatic carbocycles. The van der Waals surface area contributed by atoms with E-state index in [1.807, 2.05) is 0 Å². The van der Waals surface area contributed by atoms with Gasteiger partial charge in [-0.25, -0.2) is 9.37 Å². The molecule has 2 fully saturated rings. The number of hydrogen-bond acceptors (Lipinski definition) is 7. The molecule has 0 saturated heterocycles. The van der Waals surface area contributed by atoms with Gasteiger partial charge in [-0.2, -0.15) is 9.61 Å². The van der Waals surface area contributed by atoms with Crippen molar-refractivity contribution in [2.24, 2.45) is 0 Å². The van der Waals surface area contributed by atoms with Crippen molar-refractivity contribution in [1.82, 2.24) is 24.5 Å². The van der Waals surface area contributed by atoms with Crippen molar-refractivity contribution in [1.29, 1.82) is 0 Å². The lowest BCUT2D eigenvalue weighted by molar-refractivity contribution is 0.0647. The monoisotopic (exact) mass is 469 g/mol. The van der Waals surface area contributed by atoms with Gasteiger partial charge in [-0.15, -0.1) is 0 Å². The van der Waals surface area contributed by atoms with Crippen LogP contribution in [0.3, 0.4) is 0 Å². The van der Waals surface area contributed by atoms with Gasteiger partial charge in [-0.1, -0.05) is 0 Å². The van der Waals surface area contributed by atoms with E-state index in [0.717, 1.165) is 0 Å². The van der Waals surface area contributed by atoms with Crippen LogP contribution in [0, 0.1) is 0 Å². The number of fused-ring (bicyclic) bond motifs is 1. The maximum Gasteiger partial charge on any atom is 0.274 e. The van der Waals surface area contributed by atoms with Crippen LogP contribution in [-0.4, -0.2) is 55.0 Å². The number of halogens is 1. The van der Waals surface area contributed by atoms with Crippen molar-refractivity contribution >= 4 is 28.9 Å². The molecule has 0 spiro atoms. The first-order valence-electron chi connectivity index (χ1n) is 11.5. The Labute approximate surface area is 195 Å². The van der Waals surface area contributed by atoms with Gasteiger partial charge in [0.1, 0.15) is 29.1 Å². The number of hydrogen-bond donors (Lipinski definition) is 4. The predicted octanol–water partition coefficient (Wildman–Crippen LogP) is 2.38. The SMILES string of the molecule is CNc1cc(Nc2cccn(C3CC(F)C3)c2=O)nc2c(C(=O)N[C@@H]3CC[C@@](C)(O)C3)cnn12. The van der Waals surface area contributed by atoms with Crippen LogP contribution in [0.5, 0.6) is 0 Å². The predicted molar refractivity (Wildman–Crippen MR) is 125 cm³/mol. The van der Waals surface area contributed by atoms with E-state index in [0.29, 0.717) is 60.6 Å². The summed E-state index contributed by atoms with van der Waals surface area (Å²) >= 11 is 0. The highest BCUT2D eigenvalue weighted by Crippen LogP contribution is 2.34. The van der Waals surface area contributed by atoms with E-state index >= 15 is 0 Å². The normalized spacial score (nSPS) is 26.3. The van der Waals surface area contributed by atoms with Crippen molar-refractivity contribution in [3.8, 4) is 0 Å². The molecular formula is C23H28FN7O3. The highest BCUT2D eigenvalue weighted by molar-refractivity contribution is 6.00. The molecule has 0 radical (unpaired) electrons. The third-order valence-electron chi connectivity index (χ3n) is 6.71. The van der Waals surface area contributed by atoms with E-state index in [4.69, 9.17) is 0 Å². The van der Waals surface area contributed by atoms with Crippen molar-refractivity contribution in [2.75, 3.05) is 17.7 Å². The second kappa shape index (κ2) is 8.39. The summed E-state index contributed by atoms with van der Waals surface area (Å²) in [6.07, 6.45) is 4.75. The maximum absolute atomic E-state index is 13.3. The van der Waals surface area contributed by atoms with Gasteiger partial charge >= 0.3 is 0 Å². The number of carbonyl (C=O) groups is 1. The minimum Gasteiger partial charge on any atom is -0.390 e. The molecule has 10 nitrogen and oxygen atoms in total. The van der Waals surface area contributed by atoms with Crippen LogP contribution < -0.4 is 21.5 Å². The van der Waals surface area contributed by atoms with Gasteiger partial charge in [0.2, 0.25) is 0 Å². The van der Waals surface area contributed by atoms with Crippen LogP contribution in [0.15, 0.2) is 35.4 Å². The number of aliphatic hydroxyl groups is 1. The molecule has 180 valence electrons. The highest BCUT2D eigenvalue weighted by atomic mass is 19.1. The van der Waals surface area contributed by atoms with Gasteiger partial charge in [0, 0.05) is 31.4 Å². The fraction of sp³-hybridized carbons (Fsp3) is 0.478. The number of anilines is 3. The van der Waals surface area contributed by atoms with Gasteiger partial charge in [0.25, 0.3) is 11.5 Å². The third-order valence-corrected chi connectivity index (χ3v) is 6.71. The second-order valence-electron chi connectivity index (χ2n) is 9.46. The van der Waals surface area contributed by atoms with Crippen LogP contribution in [-0.2, 0) is 0 Å².